The average molecular weight is 357 g/mol. The fourth-order valence-corrected chi connectivity index (χ4v) is 5.51. The van der Waals surface area contributed by atoms with Gasteiger partial charge in [-0.1, -0.05) is 79.2 Å². The summed E-state index contributed by atoms with van der Waals surface area (Å²) in [6, 6.07) is 26.2. The molecule has 1 saturated heterocycles. The van der Waals surface area contributed by atoms with E-state index in [0.29, 0.717) is 12.0 Å². The molecule has 3 aromatic carbocycles. The normalized spacial score (nSPS) is 28.3. The van der Waals surface area contributed by atoms with Crippen molar-refractivity contribution in [3.63, 3.8) is 0 Å². The standard InChI is InChI=1S/C25H27NO/c27-25(23-14-6-11-20-10-4-5-13-22(20)23)16-21-12-7-15-24(21)26(18-25)17-19-8-2-1-3-9-19/h1-6,8-11,13-14,21,24,27H,7,12,15-18H2/t21-,24-,25?/m1/s1. The van der Waals surface area contributed by atoms with Crippen molar-refractivity contribution in [2.75, 3.05) is 6.54 Å². The van der Waals surface area contributed by atoms with Gasteiger partial charge in [0.2, 0.25) is 0 Å². The van der Waals surface area contributed by atoms with E-state index < -0.39 is 5.60 Å². The molecule has 1 N–H and O–H groups in total. The number of nitrogens with zero attached hydrogens (tertiary/aromatic N) is 1. The Kier molecular flexibility index (Phi) is 4.26. The zero-order valence-corrected chi connectivity index (χ0v) is 15.7. The molecule has 5 rings (SSSR count). The molecule has 3 aromatic rings. The number of benzene rings is 3. The number of β-amino-alcohol motifs (C(OH)–C–C–N with tert-alkyl or cyclic N) is 1. The Hall–Kier alpha value is -2.16. The lowest BCUT2D eigenvalue weighted by Gasteiger charge is -2.47. The van der Waals surface area contributed by atoms with Crippen molar-refractivity contribution in [1.29, 1.82) is 0 Å². The lowest BCUT2D eigenvalue weighted by molar-refractivity contribution is -0.0787. The van der Waals surface area contributed by atoms with Crippen molar-refractivity contribution in [1.82, 2.24) is 4.90 Å². The number of hydrogen-bond donors (Lipinski definition) is 1. The van der Waals surface area contributed by atoms with E-state index in [4.69, 9.17) is 0 Å². The van der Waals surface area contributed by atoms with Crippen molar-refractivity contribution in [3.05, 3.63) is 83.9 Å². The van der Waals surface area contributed by atoms with E-state index in [1.807, 2.05) is 0 Å². The Morgan fingerprint density at radius 1 is 0.889 bits per heavy atom. The molecular weight excluding hydrogens is 330 g/mol. The highest BCUT2D eigenvalue weighted by atomic mass is 16.3. The van der Waals surface area contributed by atoms with E-state index in [1.54, 1.807) is 0 Å². The molecule has 0 radical (unpaired) electrons. The minimum atomic E-state index is -0.777. The molecule has 1 saturated carbocycles. The van der Waals surface area contributed by atoms with Crippen LogP contribution in [0.3, 0.4) is 0 Å². The summed E-state index contributed by atoms with van der Waals surface area (Å²) in [6.45, 7) is 1.64. The minimum absolute atomic E-state index is 0.589. The molecule has 0 amide bonds. The van der Waals surface area contributed by atoms with Crippen LogP contribution in [0.15, 0.2) is 72.8 Å². The predicted molar refractivity (Wildman–Crippen MR) is 110 cm³/mol. The second-order valence-corrected chi connectivity index (χ2v) is 8.41. The Morgan fingerprint density at radius 2 is 1.67 bits per heavy atom. The molecule has 1 aliphatic carbocycles. The summed E-state index contributed by atoms with van der Waals surface area (Å²) in [6.07, 6.45) is 4.68. The van der Waals surface area contributed by atoms with Crippen LogP contribution in [0.4, 0.5) is 0 Å². The fourth-order valence-electron chi connectivity index (χ4n) is 5.51. The summed E-state index contributed by atoms with van der Waals surface area (Å²) >= 11 is 0. The van der Waals surface area contributed by atoms with E-state index >= 15 is 0 Å². The third-order valence-corrected chi connectivity index (χ3v) is 6.67. The second kappa shape index (κ2) is 6.78. The Morgan fingerprint density at radius 3 is 2.56 bits per heavy atom. The van der Waals surface area contributed by atoms with Crippen molar-refractivity contribution in [3.8, 4) is 0 Å². The number of hydrogen-bond acceptors (Lipinski definition) is 2. The van der Waals surface area contributed by atoms with Gasteiger partial charge in [0.1, 0.15) is 5.60 Å². The highest BCUT2D eigenvalue weighted by Crippen LogP contribution is 2.46. The molecule has 0 bridgehead atoms. The van der Waals surface area contributed by atoms with Crippen molar-refractivity contribution < 1.29 is 5.11 Å². The van der Waals surface area contributed by atoms with Gasteiger partial charge in [0, 0.05) is 19.1 Å². The summed E-state index contributed by atoms with van der Waals surface area (Å²) in [5, 5.41) is 14.3. The summed E-state index contributed by atoms with van der Waals surface area (Å²) < 4.78 is 0. The first-order valence-corrected chi connectivity index (χ1v) is 10.2. The first kappa shape index (κ1) is 17.0. The van der Waals surface area contributed by atoms with Gasteiger partial charge in [-0.2, -0.15) is 0 Å². The van der Waals surface area contributed by atoms with Gasteiger partial charge >= 0.3 is 0 Å². The van der Waals surface area contributed by atoms with Gasteiger partial charge in [0.15, 0.2) is 0 Å². The number of rotatable bonds is 3. The topological polar surface area (TPSA) is 23.5 Å². The maximum absolute atomic E-state index is 11.9. The Bertz CT molecular complexity index is 932. The first-order chi connectivity index (χ1) is 13.2. The highest BCUT2D eigenvalue weighted by Gasteiger charge is 2.46. The number of aliphatic hydroxyl groups is 1. The van der Waals surface area contributed by atoms with Crippen LogP contribution in [-0.4, -0.2) is 22.6 Å². The molecule has 1 unspecified atom stereocenters. The zero-order valence-electron chi connectivity index (χ0n) is 15.7. The van der Waals surface area contributed by atoms with Crippen LogP contribution in [0.1, 0.15) is 36.8 Å². The van der Waals surface area contributed by atoms with Gasteiger partial charge in [0.25, 0.3) is 0 Å². The maximum Gasteiger partial charge on any atom is 0.103 e. The van der Waals surface area contributed by atoms with Crippen LogP contribution in [0.5, 0.6) is 0 Å². The summed E-state index contributed by atoms with van der Waals surface area (Å²) in [5.74, 6) is 0.589. The number of fused-ring (bicyclic) bond motifs is 2. The summed E-state index contributed by atoms with van der Waals surface area (Å²) in [4.78, 5) is 2.55. The van der Waals surface area contributed by atoms with Gasteiger partial charge in [0.05, 0.1) is 0 Å². The van der Waals surface area contributed by atoms with E-state index in [9.17, 15) is 5.11 Å². The van der Waals surface area contributed by atoms with Crippen LogP contribution in [0, 0.1) is 5.92 Å². The molecule has 0 spiro atoms. The first-order valence-electron chi connectivity index (χ1n) is 10.2. The summed E-state index contributed by atoms with van der Waals surface area (Å²) in [5.41, 5.74) is 1.66. The lowest BCUT2D eigenvalue weighted by atomic mass is 9.76. The average Bonchev–Trinajstić information content (AvgIpc) is 3.17. The van der Waals surface area contributed by atoms with Crippen molar-refractivity contribution >= 4 is 10.8 Å². The van der Waals surface area contributed by atoms with Crippen LogP contribution in [0.2, 0.25) is 0 Å². The quantitative estimate of drug-likeness (QED) is 0.705. The predicted octanol–water partition coefficient (Wildman–Crippen LogP) is 5.10. The van der Waals surface area contributed by atoms with Crippen LogP contribution in [0.25, 0.3) is 10.8 Å². The number of likely N-dealkylation sites (tertiary alicyclic amines) is 1. The van der Waals surface area contributed by atoms with Crippen LogP contribution < -0.4 is 0 Å². The van der Waals surface area contributed by atoms with Crippen LogP contribution in [-0.2, 0) is 12.1 Å². The third kappa shape index (κ3) is 3.07. The zero-order chi connectivity index (χ0) is 18.3. The van der Waals surface area contributed by atoms with Gasteiger partial charge in [-0.15, -0.1) is 0 Å². The van der Waals surface area contributed by atoms with Gasteiger partial charge < -0.3 is 5.11 Å². The van der Waals surface area contributed by atoms with Gasteiger partial charge in [-0.3, -0.25) is 4.90 Å². The molecule has 0 aromatic heterocycles. The van der Waals surface area contributed by atoms with Crippen molar-refractivity contribution in [2.45, 2.75) is 43.9 Å². The highest BCUT2D eigenvalue weighted by molar-refractivity contribution is 5.86. The molecule has 1 aliphatic heterocycles. The fraction of sp³-hybridized carbons (Fsp3) is 0.360. The number of piperidine rings is 1. The van der Waals surface area contributed by atoms with E-state index in [0.717, 1.165) is 25.1 Å². The van der Waals surface area contributed by atoms with Crippen molar-refractivity contribution in [2.24, 2.45) is 5.92 Å². The molecule has 2 heteroatoms. The lowest BCUT2D eigenvalue weighted by Crippen LogP contribution is -2.53. The maximum atomic E-state index is 11.9. The third-order valence-electron chi connectivity index (χ3n) is 6.67. The molecule has 2 nitrogen and oxygen atoms in total. The SMILES string of the molecule is OC1(c2cccc3ccccc23)C[C@H]2CCC[C@H]2N(Cc2ccccc2)C1. The molecule has 1 heterocycles. The molecule has 2 fully saturated rings. The van der Waals surface area contributed by atoms with E-state index in [-0.39, 0.29) is 0 Å². The smallest absolute Gasteiger partial charge is 0.103 e. The Labute approximate surface area is 161 Å². The van der Waals surface area contributed by atoms with Gasteiger partial charge in [-0.05, 0) is 47.1 Å². The molecule has 138 valence electrons. The Balaban J connectivity index is 1.53. The largest absolute Gasteiger partial charge is 0.384 e. The monoisotopic (exact) mass is 357 g/mol. The van der Waals surface area contributed by atoms with E-state index in [1.165, 1.54) is 35.6 Å². The molecule has 3 atom stereocenters. The van der Waals surface area contributed by atoms with Gasteiger partial charge in [-0.25, -0.2) is 0 Å². The summed E-state index contributed by atoms with van der Waals surface area (Å²) in [7, 11) is 0. The minimum Gasteiger partial charge on any atom is -0.384 e. The van der Waals surface area contributed by atoms with Crippen LogP contribution >= 0.6 is 0 Å². The molecule has 2 aliphatic rings. The molecular formula is C25H27NO. The van der Waals surface area contributed by atoms with E-state index in [2.05, 4.69) is 77.7 Å². The second-order valence-electron chi connectivity index (χ2n) is 8.41. The molecule has 27 heavy (non-hydrogen) atoms.